The van der Waals surface area contributed by atoms with E-state index in [1.807, 2.05) is 0 Å². The van der Waals surface area contributed by atoms with Crippen LogP contribution in [0.1, 0.15) is 0 Å². The SMILES string of the molecule is CF.O.[C]F. The Morgan fingerprint density at radius 1 is 1.20 bits per heavy atom. The molecule has 0 unspecified atom stereocenters. The largest absolute Gasteiger partial charge is 0.412 e. The third kappa shape index (κ3) is 391. The molecule has 33 valence electrons. The van der Waals surface area contributed by atoms with Crippen molar-refractivity contribution in [1.82, 2.24) is 0 Å². The van der Waals surface area contributed by atoms with Gasteiger partial charge in [0, 0.05) is 0 Å². The Labute approximate surface area is 29.9 Å². The first-order valence-corrected chi connectivity index (χ1v) is 0.567. The van der Waals surface area contributed by atoms with Crippen molar-refractivity contribution < 1.29 is 14.3 Å². The molecular formula is C2H5F2O. The fourth-order valence-electron chi connectivity index (χ4n) is 0. The van der Waals surface area contributed by atoms with Crippen molar-refractivity contribution in [1.29, 1.82) is 0 Å². The zero-order valence-electron chi connectivity index (χ0n) is 2.76. The monoisotopic (exact) mass is 83.0 g/mol. The lowest BCUT2D eigenvalue weighted by molar-refractivity contribution is 0.636. The standard InChI is InChI=1S/CH3F.CF.H2O/c2*1-2;/h1H3;;1H2. The molecule has 0 aliphatic rings. The zero-order valence-corrected chi connectivity index (χ0v) is 2.76. The first-order chi connectivity index (χ1) is 2.00. The summed E-state index contributed by atoms with van der Waals surface area (Å²) in [5.74, 6) is 0. The van der Waals surface area contributed by atoms with Crippen LogP contribution in [0.25, 0.3) is 0 Å². The Balaban J connectivity index is -0.0000000133. The molecule has 0 aromatic rings. The molecule has 0 atom stereocenters. The second kappa shape index (κ2) is 938. The maximum atomic E-state index is 9.50. The molecule has 0 saturated carbocycles. The molecule has 0 aromatic carbocycles. The number of rotatable bonds is 0. The van der Waals surface area contributed by atoms with Gasteiger partial charge in [-0.25, -0.2) is 4.39 Å². The number of hydrogen-bond acceptors (Lipinski definition) is 0. The zero-order chi connectivity index (χ0) is 4.00. The molecule has 0 heterocycles. The predicted octanol–water partition coefficient (Wildman–Crippen LogP) is 0.262. The second-order valence-corrected chi connectivity index (χ2v) is 0. The van der Waals surface area contributed by atoms with Crippen molar-refractivity contribution in [2.45, 2.75) is 0 Å². The fraction of sp³-hybridized carbons (Fsp3) is 0.500. The summed E-state index contributed by atoms with van der Waals surface area (Å²) in [5, 5.41) is 0. The summed E-state index contributed by atoms with van der Waals surface area (Å²) in [6, 6.07) is 0. The smallest absolute Gasteiger partial charge is 0.232 e. The van der Waals surface area contributed by atoms with Gasteiger partial charge in [-0.3, -0.25) is 4.39 Å². The minimum Gasteiger partial charge on any atom is -0.412 e. The van der Waals surface area contributed by atoms with Crippen molar-refractivity contribution in [3.8, 4) is 0 Å². The van der Waals surface area contributed by atoms with Crippen LogP contribution in [-0.2, 0) is 0 Å². The molecule has 0 rings (SSSR count). The van der Waals surface area contributed by atoms with E-state index in [0.29, 0.717) is 7.18 Å². The lowest BCUT2D eigenvalue weighted by Crippen LogP contribution is -0.939. The van der Waals surface area contributed by atoms with Gasteiger partial charge in [0.15, 0.2) is 0 Å². The molecule has 0 amide bonds. The Kier molecular flexibility index (Phi) is 3980. The van der Waals surface area contributed by atoms with Crippen molar-refractivity contribution in [3.05, 3.63) is 7.18 Å². The van der Waals surface area contributed by atoms with Gasteiger partial charge in [-0.15, -0.1) is 0 Å². The van der Waals surface area contributed by atoms with Crippen LogP contribution < -0.4 is 0 Å². The van der Waals surface area contributed by atoms with E-state index in [0.717, 1.165) is 0 Å². The summed E-state index contributed by atoms with van der Waals surface area (Å²) in [4.78, 5) is 0. The number of hydrogen-bond donors (Lipinski definition) is 0. The lowest BCUT2D eigenvalue weighted by Gasteiger charge is -1.10. The first-order valence-electron chi connectivity index (χ1n) is 0.567. The topological polar surface area (TPSA) is 31.5 Å². The van der Waals surface area contributed by atoms with Crippen molar-refractivity contribution in [2.75, 3.05) is 7.18 Å². The fourth-order valence-corrected chi connectivity index (χ4v) is 0. The van der Waals surface area contributed by atoms with Gasteiger partial charge >= 0.3 is 0 Å². The summed E-state index contributed by atoms with van der Waals surface area (Å²) < 4.78 is 18.2. The highest BCUT2D eigenvalue weighted by molar-refractivity contribution is 3.64. The Morgan fingerprint density at radius 2 is 1.20 bits per heavy atom. The van der Waals surface area contributed by atoms with Crippen molar-refractivity contribution in [2.24, 2.45) is 0 Å². The average molecular weight is 83.1 g/mol. The maximum absolute atomic E-state index is 9.50. The average Bonchev–Trinajstić information content (AvgIpc) is 1.50. The number of halogens is 2. The molecule has 3 heteroatoms. The predicted molar refractivity (Wildman–Crippen MR) is 15.0 cm³/mol. The highest BCUT2D eigenvalue weighted by Crippen LogP contribution is 1.27. The van der Waals surface area contributed by atoms with Crippen LogP contribution in [0, 0.1) is 7.18 Å². The Hall–Kier alpha value is -0.180. The molecule has 1 nitrogen and oxygen atoms in total. The molecule has 0 bridgehead atoms. The van der Waals surface area contributed by atoms with Crippen LogP contribution in [0.3, 0.4) is 0 Å². The van der Waals surface area contributed by atoms with Gasteiger partial charge < -0.3 is 5.48 Å². The van der Waals surface area contributed by atoms with Crippen LogP contribution in [-0.4, -0.2) is 12.7 Å². The van der Waals surface area contributed by atoms with Gasteiger partial charge in [-0.1, -0.05) is 0 Å². The van der Waals surface area contributed by atoms with E-state index in [2.05, 4.69) is 7.18 Å². The molecular weight excluding hydrogens is 78.0 g/mol. The summed E-state index contributed by atoms with van der Waals surface area (Å²) in [6.45, 7) is 0. The maximum Gasteiger partial charge on any atom is 0.232 e. The van der Waals surface area contributed by atoms with Crippen molar-refractivity contribution >= 4 is 0 Å². The normalized spacial score (nSPS) is 2.40. The lowest BCUT2D eigenvalue weighted by atomic mass is 11.9. The van der Waals surface area contributed by atoms with Gasteiger partial charge in [0.2, 0.25) is 7.18 Å². The van der Waals surface area contributed by atoms with Crippen LogP contribution in [0.15, 0.2) is 0 Å². The molecule has 0 saturated heterocycles. The van der Waals surface area contributed by atoms with Gasteiger partial charge in [0.25, 0.3) is 0 Å². The number of alkyl halides is 1. The van der Waals surface area contributed by atoms with E-state index in [1.165, 1.54) is 0 Å². The van der Waals surface area contributed by atoms with Crippen LogP contribution in [0.5, 0.6) is 0 Å². The van der Waals surface area contributed by atoms with Crippen LogP contribution >= 0.6 is 0 Å². The molecule has 3 radical (unpaired) electrons. The Bertz CT molecular complexity index is 7.61. The minimum atomic E-state index is 0. The molecule has 0 fully saturated rings. The van der Waals surface area contributed by atoms with Crippen LogP contribution in [0.2, 0.25) is 0 Å². The molecule has 0 aliphatic carbocycles. The first kappa shape index (κ1) is 21.2. The van der Waals surface area contributed by atoms with E-state index in [1.54, 1.807) is 0 Å². The summed E-state index contributed by atoms with van der Waals surface area (Å²) in [5.41, 5.74) is 0. The summed E-state index contributed by atoms with van der Waals surface area (Å²) >= 11 is 0. The minimum absolute atomic E-state index is 0. The van der Waals surface area contributed by atoms with Crippen LogP contribution in [0.4, 0.5) is 8.78 Å². The highest BCUT2D eigenvalue weighted by atomic mass is 19.1. The van der Waals surface area contributed by atoms with Gasteiger partial charge in [-0.2, -0.15) is 0 Å². The van der Waals surface area contributed by atoms with E-state index >= 15 is 0 Å². The van der Waals surface area contributed by atoms with Crippen molar-refractivity contribution in [3.63, 3.8) is 0 Å². The van der Waals surface area contributed by atoms with Gasteiger partial charge in [0.1, 0.15) is 0 Å². The van der Waals surface area contributed by atoms with Gasteiger partial charge in [-0.05, 0) is 0 Å². The molecule has 0 spiro atoms. The third-order valence-electron chi connectivity index (χ3n) is 0. The van der Waals surface area contributed by atoms with Gasteiger partial charge in [0.05, 0.1) is 7.18 Å². The Morgan fingerprint density at radius 3 is 1.20 bits per heavy atom. The van der Waals surface area contributed by atoms with E-state index in [9.17, 15) is 4.39 Å². The molecule has 0 aliphatic heterocycles. The van der Waals surface area contributed by atoms with E-state index in [-0.39, 0.29) is 5.48 Å². The molecule has 0 aromatic heterocycles. The molecule has 5 heavy (non-hydrogen) atoms. The summed E-state index contributed by atoms with van der Waals surface area (Å²) in [7, 11) is 4.75. The van der Waals surface area contributed by atoms with E-state index in [4.69, 9.17) is 4.39 Å². The third-order valence-corrected chi connectivity index (χ3v) is 0. The summed E-state index contributed by atoms with van der Waals surface area (Å²) in [6.07, 6.45) is 0. The quantitative estimate of drug-likeness (QED) is 0.402. The second-order valence-electron chi connectivity index (χ2n) is 0. The van der Waals surface area contributed by atoms with E-state index < -0.39 is 0 Å². The highest BCUT2D eigenvalue weighted by Gasteiger charge is 1.03. The molecule has 2 N–H and O–H groups in total.